The highest BCUT2D eigenvalue weighted by Crippen LogP contribution is 2.15. The summed E-state index contributed by atoms with van der Waals surface area (Å²) in [5, 5.41) is 0. The van der Waals surface area contributed by atoms with Crippen molar-refractivity contribution < 1.29 is 0 Å². The van der Waals surface area contributed by atoms with E-state index in [0.717, 1.165) is 11.1 Å². The normalized spacial score (nSPS) is 10.2. The van der Waals surface area contributed by atoms with Crippen LogP contribution in [0.15, 0.2) is 24.3 Å². The van der Waals surface area contributed by atoms with E-state index in [1.54, 1.807) is 0 Å². The summed E-state index contributed by atoms with van der Waals surface area (Å²) in [6.07, 6.45) is 0. The number of hydrogen-bond donors (Lipinski definition) is 2. The Morgan fingerprint density at radius 2 is 2.13 bits per heavy atom. The number of anilines is 1. The molecule has 0 unspecified atom stereocenters. The van der Waals surface area contributed by atoms with Gasteiger partial charge in [0.15, 0.2) is 0 Å². The van der Waals surface area contributed by atoms with Gasteiger partial charge < -0.3 is 10.7 Å². The molecule has 0 atom stereocenters. The van der Waals surface area contributed by atoms with E-state index >= 15 is 0 Å². The Morgan fingerprint density at radius 3 is 2.80 bits per heavy atom. The number of nitrogen functional groups attached to an aromatic ring is 1. The van der Waals surface area contributed by atoms with Crippen molar-refractivity contribution in [1.29, 1.82) is 0 Å². The Labute approximate surface area is 92.2 Å². The summed E-state index contributed by atoms with van der Waals surface area (Å²) in [5.41, 5.74) is 7.67. The topological polar surface area (TPSA) is 67.6 Å². The summed E-state index contributed by atoms with van der Waals surface area (Å²) >= 11 is 4.90. The van der Waals surface area contributed by atoms with Crippen LogP contribution in [0.25, 0.3) is 11.4 Å². The first-order chi connectivity index (χ1) is 7.15. The molecule has 0 radical (unpaired) electrons. The highest BCUT2D eigenvalue weighted by atomic mass is 32.1. The molecule has 1 heterocycles. The Bertz CT molecular complexity index is 547. The minimum atomic E-state index is 0.253. The maximum Gasteiger partial charge on any atom is 0.224 e. The molecule has 1 aromatic carbocycles. The first kappa shape index (κ1) is 9.79. The number of aryl methyl sites for hydroxylation is 1. The maximum atomic E-state index is 5.56. The SMILES string of the molecule is Cc1cccc(-c2nc(=S)nc(N)[nH]2)c1. The van der Waals surface area contributed by atoms with Gasteiger partial charge in [-0.2, -0.15) is 4.98 Å². The highest BCUT2D eigenvalue weighted by Gasteiger charge is 2.01. The van der Waals surface area contributed by atoms with Crippen LogP contribution in [0.5, 0.6) is 0 Å². The number of aromatic amines is 1. The molecule has 0 bridgehead atoms. The molecular weight excluding hydrogens is 208 g/mol. The highest BCUT2D eigenvalue weighted by molar-refractivity contribution is 7.71. The van der Waals surface area contributed by atoms with Gasteiger partial charge in [0, 0.05) is 5.56 Å². The molecule has 4 nitrogen and oxygen atoms in total. The van der Waals surface area contributed by atoms with Crippen molar-refractivity contribution in [1.82, 2.24) is 15.0 Å². The Kier molecular flexibility index (Phi) is 2.47. The lowest BCUT2D eigenvalue weighted by atomic mass is 10.1. The third kappa shape index (κ3) is 2.19. The fraction of sp³-hybridized carbons (Fsp3) is 0.100. The lowest BCUT2D eigenvalue weighted by Crippen LogP contribution is -1.99. The Balaban J connectivity index is 2.59. The van der Waals surface area contributed by atoms with E-state index in [9.17, 15) is 0 Å². The van der Waals surface area contributed by atoms with E-state index in [1.165, 1.54) is 0 Å². The Hall–Kier alpha value is -1.75. The van der Waals surface area contributed by atoms with E-state index in [4.69, 9.17) is 18.0 Å². The largest absolute Gasteiger partial charge is 0.369 e. The molecule has 1 aromatic heterocycles. The number of nitrogens with one attached hydrogen (secondary N) is 1. The first-order valence-corrected chi connectivity index (χ1v) is 4.87. The molecular formula is C10H10N4S. The van der Waals surface area contributed by atoms with Crippen LogP contribution < -0.4 is 5.73 Å². The summed E-state index contributed by atoms with van der Waals surface area (Å²) in [7, 11) is 0. The second-order valence-electron chi connectivity index (χ2n) is 3.23. The number of benzene rings is 1. The molecule has 0 fully saturated rings. The lowest BCUT2D eigenvalue weighted by molar-refractivity contribution is 1.05. The number of H-pyrrole nitrogens is 1. The fourth-order valence-electron chi connectivity index (χ4n) is 1.33. The molecule has 0 saturated carbocycles. The molecule has 0 saturated heterocycles. The van der Waals surface area contributed by atoms with Gasteiger partial charge in [0.25, 0.3) is 0 Å². The van der Waals surface area contributed by atoms with E-state index < -0.39 is 0 Å². The van der Waals surface area contributed by atoms with Gasteiger partial charge in [-0.3, -0.25) is 0 Å². The predicted molar refractivity (Wildman–Crippen MR) is 61.8 cm³/mol. The molecule has 2 aromatic rings. The molecule has 15 heavy (non-hydrogen) atoms. The van der Waals surface area contributed by atoms with Gasteiger partial charge in [0.1, 0.15) is 5.82 Å². The zero-order valence-corrected chi connectivity index (χ0v) is 9.01. The maximum absolute atomic E-state index is 5.56. The quantitative estimate of drug-likeness (QED) is 0.719. The van der Waals surface area contributed by atoms with Gasteiger partial charge in [0.05, 0.1) is 0 Å². The van der Waals surface area contributed by atoms with Gasteiger partial charge in [0.2, 0.25) is 10.7 Å². The predicted octanol–water partition coefficient (Wildman–Crippen LogP) is 2.09. The average molecular weight is 218 g/mol. The molecule has 2 rings (SSSR count). The van der Waals surface area contributed by atoms with Crippen molar-refractivity contribution in [3.63, 3.8) is 0 Å². The monoisotopic (exact) mass is 218 g/mol. The summed E-state index contributed by atoms with van der Waals surface area (Å²) in [6.45, 7) is 2.02. The van der Waals surface area contributed by atoms with Crippen LogP contribution in [-0.4, -0.2) is 15.0 Å². The smallest absolute Gasteiger partial charge is 0.224 e. The zero-order chi connectivity index (χ0) is 10.8. The van der Waals surface area contributed by atoms with Crippen LogP contribution in [0, 0.1) is 11.7 Å². The minimum absolute atomic E-state index is 0.253. The molecule has 0 spiro atoms. The molecule has 3 N–H and O–H groups in total. The third-order valence-corrected chi connectivity index (χ3v) is 2.14. The van der Waals surface area contributed by atoms with Crippen molar-refractivity contribution >= 4 is 18.2 Å². The summed E-state index contributed by atoms with van der Waals surface area (Å²) in [4.78, 5) is 10.8. The number of hydrogen-bond acceptors (Lipinski definition) is 4. The molecule has 0 aliphatic carbocycles. The van der Waals surface area contributed by atoms with E-state index in [1.807, 2.05) is 31.2 Å². The van der Waals surface area contributed by atoms with Gasteiger partial charge in [-0.25, -0.2) is 4.98 Å². The van der Waals surface area contributed by atoms with Crippen molar-refractivity contribution in [3.05, 3.63) is 34.6 Å². The number of aromatic nitrogens is 3. The van der Waals surface area contributed by atoms with E-state index in [2.05, 4.69) is 15.0 Å². The average Bonchev–Trinajstić information content (AvgIpc) is 2.16. The number of rotatable bonds is 1. The van der Waals surface area contributed by atoms with E-state index in [0.29, 0.717) is 5.82 Å². The van der Waals surface area contributed by atoms with Crippen molar-refractivity contribution in [2.45, 2.75) is 6.92 Å². The lowest BCUT2D eigenvalue weighted by Gasteiger charge is -2.02. The zero-order valence-electron chi connectivity index (χ0n) is 8.19. The van der Waals surface area contributed by atoms with E-state index in [-0.39, 0.29) is 10.7 Å². The summed E-state index contributed by atoms with van der Waals surface area (Å²) in [6, 6.07) is 7.93. The molecule has 0 aliphatic heterocycles. The van der Waals surface area contributed by atoms with Gasteiger partial charge in [-0.05, 0) is 25.2 Å². The summed E-state index contributed by atoms with van der Waals surface area (Å²) < 4.78 is 0.253. The van der Waals surface area contributed by atoms with Crippen LogP contribution >= 0.6 is 12.2 Å². The van der Waals surface area contributed by atoms with Crippen molar-refractivity contribution in [2.75, 3.05) is 5.73 Å². The van der Waals surface area contributed by atoms with Crippen molar-refractivity contribution in [3.8, 4) is 11.4 Å². The molecule has 0 aliphatic rings. The van der Waals surface area contributed by atoms with Gasteiger partial charge in [-0.1, -0.05) is 23.8 Å². The molecule has 76 valence electrons. The minimum Gasteiger partial charge on any atom is -0.369 e. The van der Waals surface area contributed by atoms with Gasteiger partial charge in [-0.15, -0.1) is 0 Å². The molecule has 0 amide bonds. The molecule has 5 heteroatoms. The standard InChI is InChI=1S/C10H10N4S/c1-6-3-2-4-7(5-6)8-12-9(11)14-10(15)13-8/h2-5H,1H3,(H3,11,12,13,14,15). The second kappa shape index (κ2) is 3.78. The first-order valence-electron chi connectivity index (χ1n) is 4.46. The second-order valence-corrected chi connectivity index (χ2v) is 3.60. The van der Waals surface area contributed by atoms with Crippen LogP contribution in [0.1, 0.15) is 5.56 Å². The number of nitrogens with two attached hydrogens (primary N) is 1. The Morgan fingerprint density at radius 1 is 1.33 bits per heavy atom. The van der Waals surface area contributed by atoms with Crippen LogP contribution in [-0.2, 0) is 0 Å². The van der Waals surface area contributed by atoms with Crippen molar-refractivity contribution in [2.24, 2.45) is 0 Å². The summed E-state index contributed by atoms with van der Waals surface area (Å²) in [5.74, 6) is 0.933. The fourth-order valence-corrected chi connectivity index (χ4v) is 1.52. The van der Waals surface area contributed by atoms with Gasteiger partial charge >= 0.3 is 0 Å². The number of nitrogens with zero attached hydrogens (tertiary/aromatic N) is 2. The van der Waals surface area contributed by atoms with Crippen LogP contribution in [0.2, 0.25) is 0 Å². The van der Waals surface area contributed by atoms with Crippen LogP contribution in [0.3, 0.4) is 0 Å². The third-order valence-electron chi connectivity index (χ3n) is 1.96. The van der Waals surface area contributed by atoms with Crippen LogP contribution in [0.4, 0.5) is 5.95 Å².